The maximum Gasteiger partial charge on any atom is 0.305 e. The van der Waals surface area contributed by atoms with Crippen LogP contribution in [0.2, 0.25) is 0 Å². The number of hydrogen-bond donors (Lipinski definition) is 2. The van der Waals surface area contributed by atoms with Crippen molar-refractivity contribution in [3.05, 3.63) is 29.6 Å². The highest BCUT2D eigenvalue weighted by molar-refractivity contribution is 5.80. The van der Waals surface area contributed by atoms with Crippen LogP contribution in [0.1, 0.15) is 18.4 Å². The van der Waals surface area contributed by atoms with Gasteiger partial charge in [0, 0.05) is 6.61 Å². The first-order valence-corrected chi connectivity index (χ1v) is 6.87. The molecule has 0 saturated carbocycles. The molecule has 7 heteroatoms. The predicted molar refractivity (Wildman–Crippen MR) is 75.2 cm³/mol. The summed E-state index contributed by atoms with van der Waals surface area (Å²) in [4.78, 5) is 23.1. The van der Waals surface area contributed by atoms with E-state index < -0.39 is 17.3 Å². The van der Waals surface area contributed by atoms with Crippen molar-refractivity contribution in [1.29, 1.82) is 0 Å². The number of carbonyl (C=O) groups is 2. The van der Waals surface area contributed by atoms with Crippen molar-refractivity contribution < 1.29 is 28.6 Å². The van der Waals surface area contributed by atoms with Crippen molar-refractivity contribution in [2.45, 2.75) is 24.8 Å². The fourth-order valence-electron chi connectivity index (χ4n) is 2.52. The Morgan fingerprint density at radius 1 is 1.50 bits per heavy atom. The minimum Gasteiger partial charge on any atom is -0.494 e. The lowest BCUT2D eigenvalue weighted by atomic mass is 9.94. The summed E-state index contributed by atoms with van der Waals surface area (Å²) in [6.45, 7) is 0.576. The highest BCUT2D eigenvalue weighted by Crippen LogP contribution is 2.23. The Bertz CT molecular complexity index is 569. The second-order valence-electron chi connectivity index (χ2n) is 5.35. The van der Waals surface area contributed by atoms with Gasteiger partial charge in [0.2, 0.25) is 5.91 Å². The molecule has 1 heterocycles. The molecule has 1 amide bonds. The molecule has 0 aromatic heterocycles. The molecule has 22 heavy (non-hydrogen) atoms. The lowest BCUT2D eigenvalue weighted by Gasteiger charge is -2.27. The summed E-state index contributed by atoms with van der Waals surface area (Å²) in [7, 11) is 1.36. The molecule has 1 aromatic rings. The third-order valence-corrected chi connectivity index (χ3v) is 3.58. The number of rotatable bonds is 6. The first-order valence-electron chi connectivity index (χ1n) is 6.87. The van der Waals surface area contributed by atoms with E-state index in [0.717, 1.165) is 0 Å². The lowest BCUT2D eigenvalue weighted by Crippen LogP contribution is -2.51. The molecule has 1 unspecified atom stereocenters. The first kappa shape index (κ1) is 16.2. The Morgan fingerprint density at radius 2 is 2.27 bits per heavy atom. The number of ether oxygens (including phenoxy) is 2. The summed E-state index contributed by atoms with van der Waals surface area (Å²) in [5, 5.41) is 11.7. The summed E-state index contributed by atoms with van der Waals surface area (Å²) >= 11 is 0. The van der Waals surface area contributed by atoms with E-state index in [0.29, 0.717) is 18.6 Å². The van der Waals surface area contributed by atoms with Crippen LogP contribution in [0, 0.1) is 5.82 Å². The minimum absolute atomic E-state index is 0.0394. The summed E-state index contributed by atoms with van der Waals surface area (Å²) in [6.07, 6.45) is 0.208. The van der Waals surface area contributed by atoms with Crippen LogP contribution in [0.5, 0.6) is 5.75 Å². The van der Waals surface area contributed by atoms with E-state index in [9.17, 15) is 14.0 Å². The van der Waals surface area contributed by atoms with Crippen molar-refractivity contribution >= 4 is 11.9 Å². The second-order valence-corrected chi connectivity index (χ2v) is 5.35. The molecule has 1 fully saturated rings. The van der Waals surface area contributed by atoms with E-state index in [-0.39, 0.29) is 31.1 Å². The molecule has 2 N–H and O–H groups in total. The van der Waals surface area contributed by atoms with Gasteiger partial charge in [-0.25, -0.2) is 4.39 Å². The van der Waals surface area contributed by atoms with E-state index >= 15 is 0 Å². The molecule has 1 aliphatic rings. The summed E-state index contributed by atoms with van der Waals surface area (Å²) in [6, 6.07) is 4.27. The molecule has 6 nitrogen and oxygen atoms in total. The second kappa shape index (κ2) is 6.74. The summed E-state index contributed by atoms with van der Waals surface area (Å²) < 4.78 is 23.6. The van der Waals surface area contributed by atoms with Crippen molar-refractivity contribution in [1.82, 2.24) is 5.32 Å². The lowest BCUT2D eigenvalue weighted by molar-refractivity contribution is -0.139. The van der Waals surface area contributed by atoms with Gasteiger partial charge < -0.3 is 19.9 Å². The average molecular weight is 311 g/mol. The smallest absolute Gasteiger partial charge is 0.305 e. The van der Waals surface area contributed by atoms with Gasteiger partial charge in [-0.2, -0.15) is 0 Å². The van der Waals surface area contributed by atoms with Crippen molar-refractivity contribution in [2.75, 3.05) is 20.3 Å². The maximum atomic E-state index is 13.6. The minimum atomic E-state index is -0.999. The Morgan fingerprint density at radius 3 is 2.82 bits per heavy atom. The average Bonchev–Trinajstić information content (AvgIpc) is 2.85. The summed E-state index contributed by atoms with van der Waals surface area (Å²) in [5.74, 6) is -1.80. The van der Waals surface area contributed by atoms with Gasteiger partial charge in [-0.3, -0.25) is 9.59 Å². The molecular formula is C15H18FNO5. The SMILES string of the molecule is COc1ccc(CC(=O)NC2(CC(=O)O)CCOC2)cc1F. The number of benzene rings is 1. The van der Waals surface area contributed by atoms with Gasteiger partial charge in [0.15, 0.2) is 11.6 Å². The third-order valence-electron chi connectivity index (χ3n) is 3.58. The summed E-state index contributed by atoms with van der Waals surface area (Å²) in [5.41, 5.74) is -0.395. The van der Waals surface area contributed by atoms with Gasteiger partial charge in [-0.15, -0.1) is 0 Å². The molecule has 1 atom stereocenters. The molecule has 2 rings (SSSR count). The normalized spacial score (nSPS) is 20.6. The molecule has 1 aromatic carbocycles. The van der Waals surface area contributed by atoms with Gasteiger partial charge in [-0.05, 0) is 24.1 Å². The van der Waals surface area contributed by atoms with Crippen LogP contribution >= 0.6 is 0 Å². The van der Waals surface area contributed by atoms with Gasteiger partial charge in [0.05, 0.1) is 32.1 Å². The third kappa shape index (κ3) is 3.94. The number of halogens is 1. The fourth-order valence-corrected chi connectivity index (χ4v) is 2.52. The van der Waals surface area contributed by atoms with Crippen molar-refractivity contribution in [3.63, 3.8) is 0 Å². The largest absolute Gasteiger partial charge is 0.494 e. The van der Waals surface area contributed by atoms with Crippen LogP contribution < -0.4 is 10.1 Å². The van der Waals surface area contributed by atoms with Crippen LogP contribution in [0.15, 0.2) is 18.2 Å². The fraction of sp³-hybridized carbons (Fsp3) is 0.467. The number of hydrogen-bond acceptors (Lipinski definition) is 4. The number of amides is 1. The van der Waals surface area contributed by atoms with Gasteiger partial charge >= 0.3 is 5.97 Å². The van der Waals surface area contributed by atoms with Gasteiger partial charge in [-0.1, -0.05) is 6.07 Å². The van der Waals surface area contributed by atoms with Crippen LogP contribution in [0.25, 0.3) is 0 Å². The standard InChI is InChI=1S/C15H18FNO5/c1-21-12-3-2-10(6-11(12)16)7-13(18)17-15(8-14(19)20)4-5-22-9-15/h2-3,6H,4-5,7-9H2,1H3,(H,17,18)(H,19,20). The molecule has 1 saturated heterocycles. The van der Waals surface area contributed by atoms with Crippen molar-refractivity contribution in [3.8, 4) is 5.75 Å². The number of carboxylic acids is 1. The Balaban J connectivity index is 2.02. The van der Waals surface area contributed by atoms with Gasteiger partial charge in [0.25, 0.3) is 0 Å². The van der Waals surface area contributed by atoms with Crippen LogP contribution in [0.3, 0.4) is 0 Å². The molecule has 1 aliphatic heterocycles. The molecule has 0 spiro atoms. The van der Waals surface area contributed by atoms with Crippen LogP contribution in [-0.2, 0) is 20.7 Å². The topological polar surface area (TPSA) is 84.9 Å². The molecule has 0 radical (unpaired) electrons. The Hall–Kier alpha value is -2.15. The van der Waals surface area contributed by atoms with E-state index in [1.54, 1.807) is 6.07 Å². The Labute approximate surface area is 127 Å². The molecular weight excluding hydrogens is 293 g/mol. The highest BCUT2D eigenvalue weighted by atomic mass is 19.1. The number of nitrogens with one attached hydrogen (secondary N) is 1. The Kier molecular flexibility index (Phi) is 4.97. The van der Waals surface area contributed by atoms with Crippen molar-refractivity contribution in [2.24, 2.45) is 0 Å². The number of carbonyl (C=O) groups excluding carboxylic acids is 1. The first-order chi connectivity index (χ1) is 10.4. The van der Waals surface area contributed by atoms with Crippen LogP contribution in [0.4, 0.5) is 4.39 Å². The predicted octanol–water partition coefficient (Wildman–Crippen LogP) is 1.13. The van der Waals surface area contributed by atoms with E-state index in [4.69, 9.17) is 14.6 Å². The van der Waals surface area contributed by atoms with Crippen LogP contribution in [-0.4, -0.2) is 42.8 Å². The highest BCUT2D eigenvalue weighted by Gasteiger charge is 2.38. The maximum absolute atomic E-state index is 13.6. The zero-order valence-electron chi connectivity index (χ0n) is 12.2. The van der Waals surface area contributed by atoms with E-state index in [1.807, 2.05) is 0 Å². The van der Waals surface area contributed by atoms with E-state index in [2.05, 4.69) is 5.32 Å². The number of carboxylic acid groups (broad SMARTS) is 1. The number of methoxy groups -OCH3 is 1. The monoisotopic (exact) mass is 311 g/mol. The molecule has 0 bridgehead atoms. The molecule has 0 aliphatic carbocycles. The van der Waals surface area contributed by atoms with E-state index in [1.165, 1.54) is 19.2 Å². The molecule has 120 valence electrons. The number of aliphatic carboxylic acids is 1. The zero-order valence-corrected chi connectivity index (χ0v) is 12.2. The quantitative estimate of drug-likeness (QED) is 0.822. The zero-order chi connectivity index (χ0) is 16.2. The van der Waals surface area contributed by atoms with Gasteiger partial charge in [0.1, 0.15) is 0 Å².